The van der Waals surface area contributed by atoms with Crippen LogP contribution in [-0.4, -0.2) is 28.1 Å². The number of nitrogens with one attached hydrogen (secondary N) is 1. The molecule has 0 saturated heterocycles. The van der Waals surface area contributed by atoms with Crippen LogP contribution in [0.15, 0.2) is 9.59 Å². The van der Waals surface area contributed by atoms with Crippen LogP contribution in [0.2, 0.25) is 0 Å². The quantitative estimate of drug-likeness (QED) is 0.697. The summed E-state index contributed by atoms with van der Waals surface area (Å²) in [5.74, 6) is -3.28. The Hall–Kier alpha value is -1.58. The maximum Gasteiger partial charge on any atom is 0.332 e. The molecule has 0 bridgehead atoms. The molecule has 0 aromatic carbocycles. The van der Waals surface area contributed by atoms with Crippen molar-refractivity contribution >= 4 is 21.6 Å². The van der Waals surface area contributed by atoms with Crippen molar-refractivity contribution in [1.82, 2.24) is 14.5 Å². The highest BCUT2D eigenvalue weighted by atomic mass is 32.1. The van der Waals surface area contributed by atoms with Crippen molar-refractivity contribution in [1.29, 1.82) is 0 Å². The van der Waals surface area contributed by atoms with Gasteiger partial charge in [0.1, 0.15) is 4.83 Å². The summed E-state index contributed by atoms with van der Waals surface area (Å²) in [7, 11) is 0. The first-order valence-corrected chi connectivity index (χ1v) is 10.1. The Morgan fingerprint density at radius 2 is 2.04 bits per heavy atom. The molecule has 2 aromatic heterocycles. The predicted molar refractivity (Wildman–Crippen MR) is 102 cm³/mol. The normalized spacial score (nSPS) is 25.9. The third kappa shape index (κ3) is 3.15. The lowest BCUT2D eigenvalue weighted by Gasteiger charge is -2.12. The molecule has 9 heteroatoms. The molecule has 0 aliphatic heterocycles. The average molecular weight is 398 g/mol. The Kier molecular flexibility index (Phi) is 4.51. The highest BCUT2D eigenvalue weighted by Crippen LogP contribution is 2.49. The van der Waals surface area contributed by atoms with Crippen LogP contribution in [0.3, 0.4) is 0 Å². The third-order valence-corrected chi connectivity index (χ3v) is 7.02. The van der Waals surface area contributed by atoms with Gasteiger partial charge in [0.15, 0.2) is 0 Å². The molecule has 2 aliphatic carbocycles. The van der Waals surface area contributed by atoms with E-state index in [1.165, 1.54) is 20.5 Å². The predicted octanol–water partition coefficient (Wildman–Crippen LogP) is 1.82. The number of hydrogen-bond donors (Lipinski definition) is 2. The number of nitrogens with zero attached hydrogens (tertiary/aromatic N) is 2. The van der Waals surface area contributed by atoms with E-state index in [2.05, 4.69) is 5.32 Å². The van der Waals surface area contributed by atoms with Crippen molar-refractivity contribution in [2.24, 2.45) is 17.6 Å². The number of fused-ring (bicyclic) bond motifs is 1. The van der Waals surface area contributed by atoms with Crippen LogP contribution in [0.25, 0.3) is 10.2 Å². The lowest BCUT2D eigenvalue weighted by atomic mass is 10.2. The molecule has 2 heterocycles. The number of aromatic nitrogens is 2. The zero-order valence-corrected chi connectivity index (χ0v) is 16.2. The first-order valence-electron chi connectivity index (χ1n) is 9.32. The summed E-state index contributed by atoms with van der Waals surface area (Å²) in [6.07, 6.45) is 0.573. The third-order valence-electron chi connectivity index (χ3n) is 5.71. The van der Waals surface area contributed by atoms with Crippen LogP contribution in [0.5, 0.6) is 0 Å². The van der Waals surface area contributed by atoms with E-state index in [0.717, 1.165) is 16.9 Å². The molecule has 0 spiro atoms. The van der Waals surface area contributed by atoms with Crippen molar-refractivity contribution in [3.63, 3.8) is 0 Å². The van der Waals surface area contributed by atoms with Gasteiger partial charge in [-0.3, -0.25) is 13.9 Å². The molecular weight excluding hydrogens is 374 g/mol. The lowest BCUT2D eigenvalue weighted by Crippen LogP contribution is -2.40. The molecule has 4 rings (SSSR count). The molecule has 2 aromatic rings. The van der Waals surface area contributed by atoms with Crippen molar-refractivity contribution in [2.75, 3.05) is 13.1 Å². The maximum absolute atomic E-state index is 13.5. The van der Waals surface area contributed by atoms with Crippen molar-refractivity contribution in [3.05, 3.63) is 31.3 Å². The number of thiophene rings is 1. The molecule has 1 unspecified atom stereocenters. The summed E-state index contributed by atoms with van der Waals surface area (Å²) in [5.41, 5.74) is 5.59. The maximum atomic E-state index is 13.5. The summed E-state index contributed by atoms with van der Waals surface area (Å²) >= 11 is 1.34. The Morgan fingerprint density at radius 1 is 1.37 bits per heavy atom. The number of alkyl halides is 2. The molecule has 0 radical (unpaired) electrons. The fourth-order valence-corrected chi connectivity index (χ4v) is 4.95. The van der Waals surface area contributed by atoms with Crippen LogP contribution in [-0.2, 0) is 13.1 Å². The fraction of sp³-hybridized carbons (Fsp3) is 0.667. The second kappa shape index (κ2) is 6.49. The Labute approximate surface area is 159 Å². The van der Waals surface area contributed by atoms with Gasteiger partial charge in [0.2, 0.25) is 0 Å². The Balaban J connectivity index is 1.86. The molecule has 2 saturated carbocycles. The second-order valence-corrected chi connectivity index (χ2v) is 8.89. The summed E-state index contributed by atoms with van der Waals surface area (Å²) in [6, 6.07) is -0.126. The van der Waals surface area contributed by atoms with E-state index < -0.39 is 17.5 Å². The summed E-state index contributed by atoms with van der Waals surface area (Å²) in [5, 5.41) is 3.69. The van der Waals surface area contributed by atoms with Gasteiger partial charge >= 0.3 is 5.69 Å². The first-order chi connectivity index (χ1) is 12.8. The zero-order valence-electron chi connectivity index (χ0n) is 15.4. The largest absolute Gasteiger partial charge is 0.332 e. The molecule has 148 valence electrons. The SMILES string of the molecule is Cc1c(CNCCN)sc2c1c(=O)n([C@H]1C[C@@H]1C)c(=O)n2CC1CC1(F)F. The zero-order chi connectivity index (χ0) is 19.5. The van der Waals surface area contributed by atoms with E-state index in [4.69, 9.17) is 5.73 Å². The molecule has 3 atom stereocenters. The van der Waals surface area contributed by atoms with Crippen LogP contribution in [0.1, 0.15) is 36.2 Å². The fourth-order valence-electron chi connectivity index (χ4n) is 3.69. The summed E-state index contributed by atoms with van der Waals surface area (Å²) in [6.45, 7) is 5.48. The van der Waals surface area contributed by atoms with Gasteiger partial charge in [-0.2, -0.15) is 0 Å². The number of hydrogen-bond acceptors (Lipinski definition) is 5. The Morgan fingerprint density at radius 3 is 2.59 bits per heavy atom. The molecule has 2 fully saturated rings. The molecule has 3 N–H and O–H groups in total. The van der Waals surface area contributed by atoms with E-state index >= 15 is 0 Å². The van der Waals surface area contributed by atoms with E-state index in [0.29, 0.717) is 29.9 Å². The number of nitrogens with two attached hydrogens (primary N) is 1. The molecule has 6 nitrogen and oxygen atoms in total. The minimum absolute atomic E-state index is 0.0423. The average Bonchev–Trinajstić information content (AvgIpc) is 3.42. The van der Waals surface area contributed by atoms with Crippen LogP contribution < -0.4 is 22.3 Å². The van der Waals surface area contributed by atoms with Gasteiger partial charge in [0, 0.05) is 49.4 Å². The minimum Gasteiger partial charge on any atom is -0.329 e. The molecular formula is C18H24F2N4O2S. The van der Waals surface area contributed by atoms with E-state index in [9.17, 15) is 18.4 Å². The molecule has 2 aliphatic rings. The van der Waals surface area contributed by atoms with Crippen molar-refractivity contribution in [2.45, 2.75) is 51.7 Å². The Bertz CT molecular complexity index is 1010. The van der Waals surface area contributed by atoms with Gasteiger partial charge in [-0.25, -0.2) is 13.6 Å². The summed E-state index contributed by atoms with van der Waals surface area (Å²) in [4.78, 5) is 27.6. The minimum atomic E-state index is -2.71. The van der Waals surface area contributed by atoms with Crippen molar-refractivity contribution in [3.8, 4) is 0 Å². The van der Waals surface area contributed by atoms with Gasteiger partial charge in [-0.15, -0.1) is 11.3 Å². The number of halogens is 2. The number of aryl methyl sites for hydroxylation is 1. The monoisotopic (exact) mass is 398 g/mol. The molecule has 27 heavy (non-hydrogen) atoms. The first kappa shape index (κ1) is 18.8. The van der Waals surface area contributed by atoms with E-state index in [-0.39, 0.29) is 30.5 Å². The van der Waals surface area contributed by atoms with E-state index in [1.54, 1.807) is 0 Å². The smallest absolute Gasteiger partial charge is 0.329 e. The standard InChI is InChI=1S/C18H24F2N4O2S/c1-9-5-12(9)24-15(25)14-10(2)13(7-22-4-3-21)27-16(14)23(17(24)26)8-11-6-18(11,19)20/h9,11-12,22H,3-8,21H2,1-2H3/t9-,11?,12-/m0/s1. The summed E-state index contributed by atoms with van der Waals surface area (Å²) < 4.78 is 29.7. The van der Waals surface area contributed by atoms with Gasteiger partial charge in [-0.1, -0.05) is 6.92 Å². The lowest BCUT2D eigenvalue weighted by molar-refractivity contribution is 0.0950. The highest BCUT2D eigenvalue weighted by molar-refractivity contribution is 7.18. The number of rotatable bonds is 7. The molecule has 0 amide bonds. The second-order valence-electron chi connectivity index (χ2n) is 7.81. The van der Waals surface area contributed by atoms with Gasteiger partial charge in [0.05, 0.1) is 5.39 Å². The van der Waals surface area contributed by atoms with Crippen LogP contribution >= 0.6 is 11.3 Å². The topological polar surface area (TPSA) is 82.1 Å². The van der Waals surface area contributed by atoms with Gasteiger partial charge < -0.3 is 11.1 Å². The van der Waals surface area contributed by atoms with Crippen LogP contribution in [0.4, 0.5) is 8.78 Å². The van der Waals surface area contributed by atoms with Gasteiger partial charge in [-0.05, 0) is 24.8 Å². The van der Waals surface area contributed by atoms with E-state index in [1.807, 2.05) is 13.8 Å². The highest BCUT2D eigenvalue weighted by Gasteiger charge is 2.57. The van der Waals surface area contributed by atoms with Crippen LogP contribution in [0, 0.1) is 18.8 Å². The van der Waals surface area contributed by atoms with Crippen molar-refractivity contribution < 1.29 is 8.78 Å². The van der Waals surface area contributed by atoms with Gasteiger partial charge in [0.25, 0.3) is 11.5 Å².